The van der Waals surface area contributed by atoms with Gasteiger partial charge in [0.15, 0.2) is 0 Å². The van der Waals surface area contributed by atoms with E-state index < -0.39 is 0 Å². The molecule has 1 aliphatic heterocycles. The van der Waals surface area contributed by atoms with E-state index in [-0.39, 0.29) is 0 Å². The van der Waals surface area contributed by atoms with Gasteiger partial charge in [-0.2, -0.15) is 11.8 Å². The van der Waals surface area contributed by atoms with Crippen molar-refractivity contribution >= 4 is 28.7 Å². The van der Waals surface area contributed by atoms with E-state index in [1.807, 2.05) is 0 Å². The largest absolute Gasteiger partial charge is 0.369 e. The van der Waals surface area contributed by atoms with Crippen molar-refractivity contribution in [2.75, 3.05) is 11.5 Å². The predicted molar refractivity (Wildman–Crippen MR) is 79.0 cm³/mol. The van der Waals surface area contributed by atoms with Gasteiger partial charge in [0.2, 0.25) is 5.95 Å². The molecule has 1 aliphatic rings. The van der Waals surface area contributed by atoms with Crippen LogP contribution in [0, 0.1) is 6.92 Å². The van der Waals surface area contributed by atoms with E-state index in [2.05, 4.69) is 53.4 Å². The fraction of sp³-hybridized carbons (Fsp3) is 0.500. The van der Waals surface area contributed by atoms with Crippen LogP contribution in [0.5, 0.6) is 0 Å². The highest BCUT2D eigenvalue weighted by molar-refractivity contribution is 8.00. The number of imidazole rings is 1. The molecule has 2 N–H and O–H groups in total. The van der Waals surface area contributed by atoms with Gasteiger partial charge in [0.1, 0.15) is 0 Å². The monoisotopic (exact) mass is 261 g/mol. The molecular formula is C14H19N3S. The van der Waals surface area contributed by atoms with Gasteiger partial charge in [0.25, 0.3) is 0 Å². The molecule has 0 spiro atoms. The number of aryl methyl sites for hydroxylation is 1. The van der Waals surface area contributed by atoms with Crippen molar-refractivity contribution in [3.63, 3.8) is 0 Å². The number of fused-ring (bicyclic) bond motifs is 1. The maximum Gasteiger partial charge on any atom is 0.201 e. The number of anilines is 1. The zero-order valence-corrected chi connectivity index (χ0v) is 11.8. The van der Waals surface area contributed by atoms with Crippen LogP contribution >= 0.6 is 11.8 Å². The number of benzene rings is 1. The van der Waals surface area contributed by atoms with E-state index in [1.165, 1.54) is 24.2 Å². The molecule has 3 nitrogen and oxygen atoms in total. The van der Waals surface area contributed by atoms with Gasteiger partial charge in [-0.25, -0.2) is 4.98 Å². The van der Waals surface area contributed by atoms with Crippen LogP contribution in [0.1, 0.15) is 25.3 Å². The quantitative estimate of drug-likeness (QED) is 0.902. The molecule has 96 valence electrons. The molecule has 0 radical (unpaired) electrons. The molecule has 0 amide bonds. The number of nitrogens with two attached hydrogens (primary N) is 1. The summed E-state index contributed by atoms with van der Waals surface area (Å²) < 4.78 is 2.49. The van der Waals surface area contributed by atoms with E-state index in [9.17, 15) is 0 Å². The molecule has 1 atom stereocenters. The van der Waals surface area contributed by atoms with Crippen molar-refractivity contribution in [2.24, 2.45) is 0 Å². The Morgan fingerprint density at radius 3 is 3.06 bits per heavy atom. The number of hydrogen-bond acceptors (Lipinski definition) is 3. The third kappa shape index (κ3) is 1.99. The van der Waals surface area contributed by atoms with Crippen LogP contribution < -0.4 is 5.73 Å². The van der Waals surface area contributed by atoms with E-state index in [4.69, 9.17) is 5.73 Å². The molecule has 0 bridgehead atoms. The van der Waals surface area contributed by atoms with Crippen molar-refractivity contribution in [3.05, 3.63) is 23.8 Å². The highest BCUT2D eigenvalue weighted by Crippen LogP contribution is 2.40. The Kier molecular flexibility index (Phi) is 2.77. The standard InChI is InChI=1S/C14H19N3S/c1-10-4-5-12-11(8-10)16-13(15)17(12)9-14(2)6-3-7-18-14/h4-5,8H,3,6-7,9H2,1-2H3,(H2,15,16). The third-order valence-electron chi connectivity index (χ3n) is 3.73. The van der Waals surface area contributed by atoms with E-state index in [0.29, 0.717) is 10.7 Å². The first-order chi connectivity index (χ1) is 8.57. The minimum atomic E-state index is 0.312. The zero-order valence-electron chi connectivity index (χ0n) is 10.9. The van der Waals surface area contributed by atoms with Crippen LogP contribution in [0.4, 0.5) is 5.95 Å². The molecule has 1 fully saturated rings. The topological polar surface area (TPSA) is 43.8 Å². The van der Waals surface area contributed by atoms with E-state index in [1.54, 1.807) is 0 Å². The second kappa shape index (κ2) is 4.19. The molecule has 2 heterocycles. The Labute approximate surface area is 112 Å². The minimum absolute atomic E-state index is 0.312. The molecule has 1 saturated heterocycles. The predicted octanol–water partition coefficient (Wildman–Crippen LogP) is 3.21. The summed E-state index contributed by atoms with van der Waals surface area (Å²) in [4.78, 5) is 4.48. The highest BCUT2D eigenvalue weighted by Gasteiger charge is 2.31. The summed E-state index contributed by atoms with van der Waals surface area (Å²) in [5.74, 6) is 1.91. The Morgan fingerprint density at radius 1 is 1.50 bits per heavy atom. The van der Waals surface area contributed by atoms with Gasteiger partial charge in [0, 0.05) is 11.3 Å². The summed E-state index contributed by atoms with van der Waals surface area (Å²) in [6.45, 7) is 5.38. The molecule has 0 saturated carbocycles. The molecule has 2 aromatic rings. The average molecular weight is 261 g/mol. The Hall–Kier alpha value is -1.16. The van der Waals surface area contributed by atoms with Crippen LogP contribution in [0.25, 0.3) is 11.0 Å². The summed E-state index contributed by atoms with van der Waals surface area (Å²) in [7, 11) is 0. The highest BCUT2D eigenvalue weighted by atomic mass is 32.2. The number of aromatic nitrogens is 2. The summed E-state index contributed by atoms with van der Waals surface area (Å²) in [6, 6.07) is 6.37. The first-order valence-corrected chi connectivity index (χ1v) is 7.42. The van der Waals surface area contributed by atoms with Gasteiger partial charge in [-0.1, -0.05) is 6.07 Å². The van der Waals surface area contributed by atoms with Crippen molar-refractivity contribution in [1.82, 2.24) is 9.55 Å². The third-order valence-corrected chi connectivity index (χ3v) is 5.25. The van der Waals surface area contributed by atoms with E-state index in [0.717, 1.165) is 17.6 Å². The minimum Gasteiger partial charge on any atom is -0.369 e. The van der Waals surface area contributed by atoms with Gasteiger partial charge in [-0.15, -0.1) is 0 Å². The van der Waals surface area contributed by atoms with Crippen LogP contribution in [0.3, 0.4) is 0 Å². The summed E-state index contributed by atoms with van der Waals surface area (Å²) in [6.07, 6.45) is 2.58. The van der Waals surface area contributed by atoms with Gasteiger partial charge in [-0.3, -0.25) is 0 Å². The molecule has 1 aromatic carbocycles. The van der Waals surface area contributed by atoms with Gasteiger partial charge in [0.05, 0.1) is 11.0 Å². The second-order valence-electron chi connectivity index (χ2n) is 5.45. The summed E-state index contributed by atoms with van der Waals surface area (Å²) in [5, 5.41) is 0. The van der Waals surface area contributed by atoms with Crippen LogP contribution in [-0.2, 0) is 6.54 Å². The Morgan fingerprint density at radius 2 is 2.33 bits per heavy atom. The van der Waals surface area contributed by atoms with Gasteiger partial charge >= 0.3 is 0 Å². The van der Waals surface area contributed by atoms with Crippen molar-refractivity contribution in [1.29, 1.82) is 0 Å². The van der Waals surface area contributed by atoms with E-state index >= 15 is 0 Å². The lowest BCUT2D eigenvalue weighted by molar-refractivity contribution is 0.522. The number of rotatable bonds is 2. The van der Waals surface area contributed by atoms with Crippen molar-refractivity contribution in [3.8, 4) is 0 Å². The molecule has 0 aliphatic carbocycles. The lowest BCUT2D eigenvalue weighted by Gasteiger charge is -2.24. The molecule has 4 heteroatoms. The number of nitrogens with zero attached hydrogens (tertiary/aromatic N) is 2. The number of hydrogen-bond donors (Lipinski definition) is 1. The average Bonchev–Trinajstić information content (AvgIpc) is 2.85. The lowest BCUT2D eigenvalue weighted by Crippen LogP contribution is -2.24. The van der Waals surface area contributed by atoms with Crippen LogP contribution in [-0.4, -0.2) is 20.1 Å². The molecule has 18 heavy (non-hydrogen) atoms. The number of nitrogen functional groups attached to an aromatic ring is 1. The summed E-state index contributed by atoms with van der Waals surface area (Å²) >= 11 is 2.06. The van der Waals surface area contributed by atoms with Crippen molar-refractivity contribution < 1.29 is 0 Å². The SMILES string of the molecule is Cc1ccc2c(c1)nc(N)n2CC1(C)CCCS1. The lowest BCUT2D eigenvalue weighted by atomic mass is 10.1. The Balaban J connectivity index is 2.03. The Bertz CT molecular complexity index is 582. The second-order valence-corrected chi connectivity index (χ2v) is 7.13. The maximum absolute atomic E-state index is 6.08. The zero-order chi connectivity index (χ0) is 12.8. The van der Waals surface area contributed by atoms with Crippen LogP contribution in [0.2, 0.25) is 0 Å². The maximum atomic E-state index is 6.08. The fourth-order valence-corrected chi connectivity index (χ4v) is 4.01. The normalized spacial score (nSPS) is 23.9. The first kappa shape index (κ1) is 11.9. The van der Waals surface area contributed by atoms with Crippen LogP contribution in [0.15, 0.2) is 18.2 Å². The smallest absolute Gasteiger partial charge is 0.201 e. The summed E-state index contributed by atoms with van der Waals surface area (Å²) in [5.41, 5.74) is 9.49. The molecule has 3 rings (SSSR count). The van der Waals surface area contributed by atoms with Crippen molar-refractivity contribution in [2.45, 2.75) is 38.0 Å². The first-order valence-electron chi connectivity index (χ1n) is 6.44. The molecule has 1 unspecified atom stereocenters. The molecular weight excluding hydrogens is 242 g/mol. The van der Waals surface area contributed by atoms with Gasteiger partial charge < -0.3 is 10.3 Å². The van der Waals surface area contributed by atoms with Gasteiger partial charge in [-0.05, 0) is 50.1 Å². The fourth-order valence-electron chi connectivity index (χ4n) is 2.72. The molecule has 1 aromatic heterocycles. The number of thioether (sulfide) groups is 1.